The van der Waals surface area contributed by atoms with Gasteiger partial charge in [0.15, 0.2) is 0 Å². The van der Waals surface area contributed by atoms with Gasteiger partial charge >= 0.3 is 0 Å². The van der Waals surface area contributed by atoms with Crippen molar-refractivity contribution in [3.8, 4) is 0 Å². The number of nitrogens with one attached hydrogen (secondary N) is 1. The minimum atomic E-state index is -1.10. The van der Waals surface area contributed by atoms with Crippen molar-refractivity contribution >= 4 is 35.2 Å². The van der Waals surface area contributed by atoms with Crippen LogP contribution in [0.25, 0.3) is 0 Å². The average molecular weight is 402 g/mol. The summed E-state index contributed by atoms with van der Waals surface area (Å²) in [7, 11) is 0. The number of rotatable bonds is 3. The maximum Gasteiger partial charge on any atom is 0.262 e. The van der Waals surface area contributed by atoms with E-state index >= 15 is 0 Å². The van der Waals surface area contributed by atoms with Crippen LogP contribution < -0.4 is 16.0 Å². The van der Waals surface area contributed by atoms with E-state index in [1.807, 2.05) is 0 Å². The van der Waals surface area contributed by atoms with Crippen LogP contribution in [0.15, 0.2) is 12.1 Å². The Morgan fingerprint density at radius 2 is 1.66 bits per heavy atom. The van der Waals surface area contributed by atoms with E-state index in [1.165, 1.54) is 6.07 Å². The van der Waals surface area contributed by atoms with Gasteiger partial charge in [-0.15, -0.1) is 0 Å². The molecular weight excluding hydrogens is 383 g/mol. The summed E-state index contributed by atoms with van der Waals surface area (Å²) in [5.41, 5.74) is 5.40. The standard InChI is InChI=1S/C19H19FN4O5/c20-12-7-10-11(8-14(12)23-5-3-9(4-6-23)16(21)26)19(29)24(18(10)28)13-1-2-15(25)22-17(13)27/h7-9,13H,1-6H2,(H2,21,26)(H,22,25,27). The first-order valence-electron chi connectivity index (χ1n) is 9.37. The number of carbonyl (C=O) groups excluding carboxylic acids is 5. The van der Waals surface area contributed by atoms with Crippen LogP contribution in [0.5, 0.6) is 0 Å². The second kappa shape index (κ2) is 6.94. The number of benzene rings is 1. The van der Waals surface area contributed by atoms with Gasteiger partial charge in [-0.1, -0.05) is 0 Å². The van der Waals surface area contributed by atoms with Crippen molar-refractivity contribution in [2.75, 3.05) is 18.0 Å². The summed E-state index contributed by atoms with van der Waals surface area (Å²) < 4.78 is 14.7. The number of halogens is 1. The molecule has 152 valence electrons. The Hall–Kier alpha value is -3.30. The molecular formula is C19H19FN4O5. The second-order valence-corrected chi connectivity index (χ2v) is 7.46. The van der Waals surface area contributed by atoms with Crippen LogP contribution in [-0.2, 0) is 14.4 Å². The molecule has 2 saturated heterocycles. The molecule has 3 aliphatic rings. The van der Waals surface area contributed by atoms with Gasteiger partial charge in [0.1, 0.15) is 11.9 Å². The molecule has 3 N–H and O–H groups in total. The normalized spacial score (nSPS) is 22.7. The van der Waals surface area contributed by atoms with Gasteiger partial charge < -0.3 is 10.6 Å². The number of piperidine rings is 2. The highest BCUT2D eigenvalue weighted by Gasteiger charge is 2.45. The molecule has 1 unspecified atom stereocenters. The van der Waals surface area contributed by atoms with Crippen molar-refractivity contribution in [3.05, 3.63) is 29.1 Å². The van der Waals surface area contributed by atoms with Gasteiger partial charge in [0, 0.05) is 25.4 Å². The highest BCUT2D eigenvalue weighted by atomic mass is 19.1. The molecule has 0 aliphatic carbocycles. The Morgan fingerprint density at radius 3 is 2.24 bits per heavy atom. The lowest BCUT2D eigenvalue weighted by molar-refractivity contribution is -0.136. The van der Waals surface area contributed by atoms with Gasteiger partial charge in [0.25, 0.3) is 11.8 Å². The molecule has 1 atom stereocenters. The molecule has 10 heteroatoms. The number of carbonyl (C=O) groups is 5. The van der Waals surface area contributed by atoms with Gasteiger partial charge in [0.05, 0.1) is 16.8 Å². The van der Waals surface area contributed by atoms with Gasteiger partial charge in [-0.3, -0.25) is 34.2 Å². The lowest BCUT2D eigenvalue weighted by Crippen LogP contribution is -2.54. The van der Waals surface area contributed by atoms with E-state index in [-0.39, 0.29) is 41.5 Å². The van der Waals surface area contributed by atoms with Crippen molar-refractivity contribution < 1.29 is 28.4 Å². The molecule has 5 amide bonds. The minimum Gasteiger partial charge on any atom is -0.369 e. The van der Waals surface area contributed by atoms with Crippen molar-refractivity contribution in [1.29, 1.82) is 0 Å². The third-order valence-corrected chi connectivity index (χ3v) is 5.75. The molecule has 0 aromatic heterocycles. The van der Waals surface area contributed by atoms with Gasteiger partial charge in [-0.2, -0.15) is 0 Å². The Kier molecular flexibility index (Phi) is 4.56. The summed E-state index contributed by atoms with van der Waals surface area (Å²) >= 11 is 0. The Labute approximate surface area is 165 Å². The summed E-state index contributed by atoms with van der Waals surface area (Å²) in [4.78, 5) is 62.8. The Bertz CT molecular complexity index is 954. The first-order valence-corrected chi connectivity index (χ1v) is 9.37. The fourth-order valence-electron chi connectivity index (χ4n) is 4.13. The van der Waals surface area contributed by atoms with Crippen molar-refractivity contribution in [2.45, 2.75) is 31.7 Å². The summed E-state index contributed by atoms with van der Waals surface area (Å²) in [5, 5.41) is 2.12. The molecule has 1 aromatic rings. The van der Waals surface area contributed by atoms with E-state index in [4.69, 9.17) is 5.73 Å². The van der Waals surface area contributed by atoms with Crippen LogP contribution in [0, 0.1) is 11.7 Å². The van der Waals surface area contributed by atoms with Gasteiger partial charge in [-0.05, 0) is 31.4 Å². The second-order valence-electron chi connectivity index (χ2n) is 7.46. The minimum absolute atomic E-state index is 0.0121. The molecule has 3 heterocycles. The fraction of sp³-hybridized carbons (Fsp3) is 0.421. The predicted octanol–water partition coefficient (Wildman–Crippen LogP) is -0.0714. The predicted molar refractivity (Wildman–Crippen MR) is 97.2 cm³/mol. The number of nitrogens with two attached hydrogens (primary N) is 1. The van der Waals surface area contributed by atoms with Crippen molar-refractivity contribution in [2.24, 2.45) is 11.7 Å². The third kappa shape index (κ3) is 3.14. The smallest absolute Gasteiger partial charge is 0.262 e. The molecule has 0 bridgehead atoms. The van der Waals surface area contributed by atoms with Gasteiger partial charge in [-0.25, -0.2) is 4.39 Å². The molecule has 9 nitrogen and oxygen atoms in total. The molecule has 29 heavy (non-hydrogen) atoms. The Morgan fingerprint density at radius 1 is 1.03 bits per heavy atom. The summed E-state index contributed by atoms with van der Waals surface area (Å²) in [6.07, 6.45) is 0.993. The largest absolute Gasteiger partial charge is 0.369 e. The lowest BCUT2D eigenvalue weighted by atomic mass is 9.95. The van der Waals surface area contributed by atoms with E-state index in [0.717, 1.165) is 11.0 Å². The number of anilines is 1. The maximum atomic E-state index is 14.7. The number of primary amides is 1. The van der Waals surface area contributed by atoms with Crippen LogP contribution >= 0.6 is 0 Å². The quantitative estimate of drug-likeness (QED) is 0.681. The zero-order valence-corrected chi connectivity index (χ0v) is 15.4. The van der Waals surface area contributed by atoms with E-state index in [0.29, 0.717) is 25.9 Å². The lowest BCUT2D eigenvalue weighted by Gasteiger charge is -2.32. The highest BCUT2D eigenvalue weighted by molar-refractivity contribution is 6.23. The zero-order valence-electron chi connectivity index (χ0n) is 15.4. The highest BCUT2D eigenvalue weighted by Crippen LogP contribution is 2.34. The summed E-state index contributed by atoms with van der Waals surface area (Å²) in [6, 6.07) is 1.23. The van der Waals surface area contributed by atoms with Crippen LogP contribution in [0.4, 0.5) is 10.1 Å². The van der Waals surface area contributed by atoms with Crippen molar-refractivity contribution in [3.63, 3.8) is 0 Å². The molecule has 0 spiro atoms. The molecule has 4 rings (SSSR count). The van der Waals surface area contributed by atoms with E-state index in [1.54, 1.807) is 4.90 Å². The van der Waals surface area contributed by atoms with Crippen molar-refractivity contribution in [1.82, 2.24) is 10.2 Å². The first kappa shape index (κ1) is 19.0. The van der Waals surface area contributed by atoms with Crippen LogP contribution in [-0.4, -0.2) is 53.6 Å². The molecule has 1 aromatic carbocycles. The summed E-state index contributed by atoms with van der Waals surface area (Å²) in [5.74, 6) is -3.94. The van der Waals surface area contributed by atoms with Crippen LogP contribution in [0.3, 0.4) is 0 Å². The summed E-state index contributed by atoms with van der Waals surface area (Å²) in [6.45, 7) is 0.782. The monoisotopic (exact) mass is 402 g/mol. The molecule has 3 aliphatic heterocycles. The fourth-order valence-corrected chi connectivity index (χ4v) is 4.13. The first-order chi connectivity index (χ1) is 13.8. The third-order valence-electron chi connectivity index (χ3n) is 5.75. The zero-order chi connectivity index (χ0) is 20.9. The van der Waals surface area contributed by atoms with E-state index in [2.05, 4.69) is 5.32 Å². The van der Waals surface area contributed by atoms with Crippen LogP contribution in [0.2, 0.25) is 0 Å². The number of fused-ring (bicyclic) bond motifs is 1. The SMILES string of the molecule is NC(=O)C1CCN(c2cc3c(cc2F)C(=O)N(C2CCC(=O)NC2=O)C3=O)CC1. The number of hydrogen-bond donors (Lipinski definition) is 2. The van der Waals surface area contributed by atoms with Gasteiger partial charge in [0.2, 0.25) is 17.7 Å². The number of nitrogens with zero attached hydrogens (tertiary/aromatic N) is 2. The molecule has 0 radical (unpaired) electrons. The Balaban J connectivity index is 1.61. The van der Waals surface area contributed by atoms with Crippen LogP contribution in [0.1, 0.15) is 46.4 Å². The van der Waals surface area contributed by atoms with E-state index in [9.17, 15) is 28.4 Å². The number of hydrogen-bond acceptors (Lipinski definition) is 6. The topological polar surface area (TPSA) is 130 Å². The number of imide groups is 2. The van der Waals surface area contributed by atoms with E-state index < -0.39 is 35.5 Å². The average Bonchev–Trinajstić information content (AvgIpc) is 2.91. The molecule has 2 fully saturated rings. The number of amides is 5. The maximum absolute atomic E-state index is 14.7. The molecule has 0 saturated carbocycles.